The fourth-order valence-electron chi connectivity index (χ4n) is 1.13. The Morgan fingerprint density at radius 1 is 0.889 bits per heavy atom. The van der Waals surface area contributed by atoms with Gasteiger partial charge in [0.25, 0.3) is 7.37 Å². The Morgan fingerprint density at radius 2 is 1.17 bits per heavy atom. The van der Waals surface area contributed by atoms with Crippen LogP contribution in [0, 0.1) is 29.1 Å². The minimum Gasteiger partial charge on any atom is -0.380 e. The quantitative estimate of drug-likeness (QED) is 0.379. The first-order valence-corrected chi connectivity index (χ1v) is 6.16. The summed E-state index contributed by atoms with van der Waals surface area (Å²) in [5.41, 5.74) is 0. The monoisotopic (exact) mass is 290 g/mol. The summed E-state index contributed by atoms with van der Waals surface area (Å²) in [6.07, 6.45) is 0. The van der Waals surface area contributed by atoms with E-state index in [0.717, 1.165) is 0 Å². The van der Waals surface area contributed by atoms with Crippen LogP contribution < -0.4 is 5.30 Å². The van der Waals surface area contributed by atoms with E-state index in [4.69, 9.17) is 0 Å². The molecule has 3 nitrogen and oxygen atoms in total. The Labute approximate surface area is 98.3 Å². The van der Waals surface area contributed by atoms with Gasteiger partial charge in [0.2, 0.25) is 5.82 Å². The van der Waals surface area contributed by atoms with Gasteiger partial charge in [-0.1, -0.05) is 0 Å². The van der Waals surface area contributed by atoms with Crippen LogP contribution in [0.25, 0.3) is 0 Å². The smallest absolute Gasteiger partial charge is 0.265 e. The van der Waals surface area contributed by atoms with Crippen molar-refractivity contribution >= 4 is 12.7 Å². The van der Waals surface area contributed by atoms with Gasteiger partial charge in [0.05, 0.1) is 0 Å². The SMILES string of the molecule is CC(C)(O)P(=O)(O)c1c(F)c(F)c(F)c(F)c1F. The van der Waals surface area contributed by atoms with Gasteiger partial charge in [-0.25, -0.2) is 22.0 Å². The highest BCUT2D eigenvalue weighted by molar-refractivity contribution is 7.67. The average molecular weight is 290 g/mol. The summed E-state index contributed by atoms with van der Waals surface area (Å²) in [4.78, 5) is 9.39. The van der Waals surface area contributed by atoms with E-state index in [1.807, 2.05) is 0 Å². The zero-order valence-corrected chi connectivity index (χ0v) is 10.0. The van der Waals surface area contributed by atoms with Crippen molar-refractivity contribution in [2.24, 2.45) is 0 Å². The maximum absolute atomic E-state index is 13.3. The standard InChI is InChI=1S/C9H8F5O3P/c1-9(2,15)18(16,17)8-6(13)4(11)3(10)5(12)7(8)14/h15H,1-2H3,(H,16,17). The van der Waals surface area contributed by atoms with Crippen molar-refractivity contribution in [2.75, 3.05) is 0 Å². The maximum Gasteiger partial charge on any atom is 0.265 e. The lowest BCUT2D eigenvalue weighted by atomic mass is 10.3. The second-order valence-corrected chi connectivity index (χ2v) is 6.68. The highest BCUT2D eigenvalue weighted by atomic mass is 31.2. The molecule has 9 heteroatoms. The molecule has 102 valence electrons. The van der Waals surface area contributed by atoms with Crippen LogP contribution in [-0.2, 0) is 4.57 Å². The van der Waals surface area contributed by atoms with E-state index in [1.54, 1.807) is 0 Å². The summed E-state index contributed by atoms with van der Waals surface area (Å²) in [7, 11) is -5.22. The Morgan fingerprint density at radius 3 is 1.44 bits per heavy atom. The lowest BCUT2D eigenvalue weighted by molar-refractivity contribution is 0.150. The molecule has 0 fully saturated rings. The molecule has 1 aromatic rings. The lowest BCUT2D eigenvalue weighted by Gasteiger charge is -2.25. The number of halogens is 5. The molecule has 1 atom stereocenters. The Kier molecular flexibility index (Phi) is 3.60. The molecule has 1 aromatic carbocycles. The first-order chi connectivity index (χ1) is 7.93. The Balaban J connectivity index is 3.79. The maximum atomic E-state index is 13.3. The third-order valence-corrected chi connectivity index (χ3v) is 4.71. The molecule has 0 saturated heterocycles. The lowest BCUT2D eigenvalue weighted by Crippen LogP contribution is -2.31. The third-order valence-electron chi connectivity index (χ3n) is 2.23. The third kappa shape index (κ3) is 2.04. The van der Waals surface area contributed by atoms with Crippen molar-refractivity contribution < 1.29 is 36.5 Å². The molecule has 0 aliphatic carbocycles. The molecule has 0 saturated carbocycles. The predicted octanol–water partition coefficient (Wildman–Crippen LogP) is 2.01. The van der Waals surface area contributed by atoms with Crippen LogP contribution in [0.15, 0.2) is 0 Å². The largest absolute Gasteiger partial charge is 0.380 e. The summed E-state index contributed by atoms with van der Waals surface area (Å²) in [5, 5.41) is 4.84. The van der Waals surface area contributed by atoms with Crippen LogP contribution in [-0.4, -0.2) is 15.3 Å². The number of hydrogen-bond acceptors (Lipinski definition) is 2. The highest BCUT2D eigenvalue weighted by Crippen LogP contribution is 2.52. The van der Waals surface area contributed by atoms with Gasteiger partial charge in [0, 0.05) is 0 Å². The molecular weight excluding hydrogens is 282 g/mol. The molecule has 0 aliphatic rings. The predicted molar refractivity (Wildman–Crippen MR) is 52.0 cm³/mol. The fraction of sp³-hybridized carbons (Fsp3) is 0.333. The Hall–Kier alpha value is -0.980. The number of aliphatic hydroxyl groups is 1. The molecule has 0 aliphatic heterocycles. The summed E-state index contributed by atoms with van der Waals surface area (Å²) in [6, 6.07) is 0. The van der Waals surface area contributed by atoms with Gasteiger partial charge < -0.3 is 10.00 Å². The molecule has 0 amide bonds. The molecular formula is C9H8F5O3P. The average Bonchev–Trinajstić information content (AvgIpc) is 2.22. The van der Waals surface area contributed by atoms with Crippen LogP contribution in [0.4, 0.5) is 22.0 Å². The van der Waals surface area contributed by atoms with Crippen molar-refractivity contribution in [2.45, 2.75) is 19.2 Å². The highest BCUT2D eigenvalue weighted by Gasteiger charge is 2.45. The summed E-state index contributed by atoms with van der Waals surface area (Å²) >= 11 is 0. The molecule has 18 heavy (non-hydrogen) atoms. The van der Waals surface area contributed by atoms with Crippen molar-refractivity contribution in [3.05, 3.63) is 29.1 Å². The zero-order valence-electron chi connectivity index (χ0n) is 9.14. The van der Waals surface area contributed by atoms with Gasteiger partial charge in [-0.05, 0) is 13.8 Å². The molecule has 1 rings (SSSR count). The van der Waals surface area contributed by atoms with Crippen molar-refractivity contribution in [3.63, 3.8) is 0 Å². The first kappa shape index (κ1) is 15.1. The van der Waals surface area contributed by atoms with Crippen molar-refractivity contribution in [1.82, 2.24) is 0 Å². The van der Waals surface area contributed by atoms with Gasteiger partial charge in [0.15, 0.2) is 23.3 Å². The zero-order chi connectivity index (χ0) is 14.5. The van der Waals surface area contributed by atoms with E-state index < -0.39 is 47.1 Å². The van der Waals surface area contributed by atoms with Crippen LogP contribution >= 0.6 is 7.37 Å². The topological polar surface area (TPSA) is 57.5 Å². The van der Waals surface area contributed by atoms with Gasteiger partial charge >= 0.3 is 0 Å². The minimum absolute atomic E-state index is 0.714. The van der Waals surface area contributed by atoms with Gasteiger partial charge in [-0.3, -0.25) is 4.57 Å². The van der Waals surface area contributed by atoms with Gasteiger partial charge in [-0.15, -0.1) is 0 Å². The van der Waals surface area contributed by atoms with Crippen LogP contribution in [0.3, 0.4) is 0 Å². The fourth-order valence-corrected chi connectivity index (χ4v) is 2.41. The van der Waals surface area contributed by atoms with Crippen LogP contribution in [0.1, 0.15) is 13.8 Å². The molecule has 1 unspecified atom stereocenters. The second kappa shape index (κ2) is 4.29. The van der Waals surface area contributed by atoms with Crippen LogP contribution in [0.2, 0.25) is 0 Å². The van der Waals surface area contributed by atoms with E-state index in [9.17, 15) is 36.5 Å². The number of hydrogen-bond donors (Lipinski definition) is 2. The summed E-state index contributed by atoms with van der Waals surface area (Å²) < 4.78 is 76.6. The van der Waals surface area contributed by atoms with Gasteiger partial charge in [-0.2, -0.15) is 0 Å². The van der Waals surface area contributed by atoms with Crippen molar-refractivity contribution in [1.29, 1.82) is 0 Å². The molecule has 0 aromatic heterocycles. The van der Waals surface area contributed by atoms with E-state index in [-0.39, 0.29) is 0 Å². The summed E-state index contributed by atoms with van der Waals surface area (Å²) in [5.74, 6) is -12.0. The number of rotatable bonds is 2. The minimum atomic E-state index is -5.22. The van der Waals surface area contributed by atoms with Gasteiger partial charge in [0.1, 0.15) is 10.6 Å². The molecule has 0 bridgehead atoms. The van der Waals surface area contributed by atoms with E-state index >= 15 is 0 Å². The molecule has 0 radical (unpaired) electrons. The molecule has 0 heterocycles. The second-order valence-electron chi connectivity index (χ2n) is 3.99. The normalized spacial score (nSPS) is 15.6. The van der Waals surface area contributed by atoms with E-state index in [1.165, 1.54) is 0 Å². The first-order valence-electron chi connectivity index (χ1n) is 4.50. The van der Waals surface area contributed by atoms with E-state index in [0.29, 0.717) is 13.8 Å². The summed E-state index contributed by atoms with van der Waals surface area (Å²) in [6.45, 7) is 1.43. The molecule has 0 spiro atoms. The van der Waals surface area contributed by atoms with Crippen LogP contribution in [0.5, 0.6) is 0 Å². The number of benzene rings is 1. The van der Waals surface area contributed by atoms with Crippen molar-refractivity contribution in [3.8, 4) is 0 Å². The Bertz CT molecular complexity index is 523. The van der Waals surface area contributed by atoms with E-state index in [2.05, 4.69) is 0 Å². The molecule has 2 N–H and O–H groups in total.